The number of aromatic amines is 1. The van der Waals surface area contributed by atoms with Crippen LogP contribution in [0.1, 0.15) is 5.56 Å². The Bertz CT molecular complexity index is 1080. The number of rotatable bonds is 4. The fourth-order valence-corrected chi connectivity index (χ4v) is 2.84. The summed E-state index contributed by atoms with van der Waals surface area (Å²) in [4.78, 5) is 15.5. The number of hydrogen-bond donors (Lipinski definition) is 2. The summed E-state index contributed by atoms with van der Waals surface area (Å²) < 4.78 is 26.9. The van der Waals surface area contributed by atoms with E-state index in [0.29, 0.717) is 22.5 Å². The average molecular weight is 355 g/mol. The first kappa shape index (κ1) is 16.1. The largest absolute Gasteiger partial charge is 0.368 e. The SMILES string of the molecule is Cc1c[nH]c2ncc(-c3nn(CC(F)F)cc3-c3ccnc(N)n3)cc12. The molecule has 0 fully saturated rings. The molecule has 0 amide bonds. The summed E-state index contributed by atoms with van der Waals surface area (Å²) in [7, 11) is 0. The van der Waals surface area contributed by atoms with Crippen molar-refractivity contribution < 1.29 is 8.78 Å². The summed E-state index contributed by atoms with van der Waals surface area (Å²) in [5.41, 5.74) is 9.78. The highest BCUT2D eigenvalue weighted by Crippen LogP contribution is 2.32. The maximum atomic E-state index is 12.8. The van der Waals surface area contributed by atoms with Gasteiger partial charge in [-0.15, -0.1) is 0 Å². The molecule has 132 valence electrons. The minimum absolute atomic E-state index is 0.102. The van der Waals surface area contributed by atoms with Gasteiger partial charge < -0.3 is 10.7 Å². The van der Waals surface area contributed by atoms with Crippen LogP contribution < -0.4 is 5.73 Å². The molecule has 0 bridgehead atoms. The van der Waals surface area contributed by atoms with Gasteiger partial charge in [-0.05, 0) is 24.6 Å². The second-order valence-corrected chi connectivity index (χ2v) is 5.90. The Balaban J connectivity index is 1.89. The van der Waals surface area contributed by atoms with Crippen molar-refractivity contribution in [1.82, 2.24) is 29.7 Å². The molecule has 0 aliphatic heterocycles. The third-order valence-electron chi connectivity index (χ3n) is 4.05. The van der Waals surface area contributed by atoms with Gasteiger partial charge in [0.05, 0.1) is 5.69 Å². The van der Waals surface area contributed by atoms with E-state index in [-0.39, 0.29) is 5.95 Å². The molecule has 0 aromatic carbocycles. The summed E-state index contributed by atoms with van der Waals surface area (Å²) in [6.07, 6.45) is 4.06. The number of nitrogens with one attached hydrogen (secondary N) is 1. The number of hydrogen-bond acceptors (Lipinski definition) is 5. The van der Waals surface area contributed by atoms with Gasteiger partial charge in [-0.25, -0.2) is 23.7 Å². The number of pyridine rings is 1. The second kappa shape index (κ2) is 6.17. The summed E-state index contributed by atoms with van der Waals surface area (Å²) in [5.74, 6) is 0.102. The third-order valence-corrected chi connectivity index (χ3v) is 4.05. The van der Waals surface area contributed by atoms with Gasteiger partial charge in [0.25, 0.3) is 6.43 Å². The predicted octanol–water partition coefficient (Wildman–Crippen LogP) is 3.04. The molecule has 7 nitrogen and oxygen atoms in total. The highest BCUT2D eigenvalue weighted by atomic mass is 19.3. The van der Waals surface area contributed by atoms with E-state index in [4.69, 9.17) is 5.73 Å². The number of anilines is 1. The molecule has 4 aromatic heterocycles. The molecule has 26 heavy (non-hydrogen) atoms. The van der Waals surface area contributed by atoms with E-state index in [9.17, 15) is 8.78 Å². The van der Waals surface area contributed by atoms with Crippen molar-refractivity contribution in [2.45, 2.75) is 19.9 Å². The molecule has 0 unspecified atom stereocenters. The zero-order valence-corrected chi connectivity index (χ0v) is 13.8. The minimum Gasteiger partial charge on any atom is -0.368 e. The molecule has 3 N–H and O–H groups in total. The van der Waals surface area contributed by atoms with Gasteiger partial charge in [-0.3, -0.25) is 4.68 Å². The van der Waals surface area contributed by atoms with E-state index < -0.39 is 13.0 Å². The van der Waals surface area contributed by atoms with Crippen molar-refractivity contribution in [3.8, 4) is 22.5 Å². The molecular formula is C17H15F2N7. The Morgan fingerprint density at radius 1 is 1.31 bits per heavy atom. The minimum atomic E-state index is -2.52. The fourth-order valence-electron chi connectivity index (χ4n) is 2.84. The molecular weight excluding hydrogens is 340 g/mol. The van der Waals surface area contributed by atoms with E-state index in [1.807, 2.05) is 19.2 Å². The molecule has 0 saturated heterocycles. The standard InChI is InChI=1S/C17H15F2N7/c1-9-5-22-16-11(9)4-10(6-23-16)15-12(7-26(25-15)8-14(18)19)13-2-3-21-17(20)24-13/h2-7,14H,8H2,1H3,(H,22,23)(H2,20,21,24). The summed E-state index contributed by atoms with van der Waals surface area (Å²) in [6, 6.07) is 3.59. The number of nitrogen functional groups attached to an aromatic ring is 1. The number of H-pyrrole nitrogens is 1. The van der Waals surface area contributed by atoms with Gasteiger partial charge in [-0.2, -0.15) is 5.10 Å². The van der Waals surface area contributed by atoms with Crippen LogP contribution in [0.3, 0.4) is 0 Å². The van der Waals surface area contributed by atoms with Gasteiger partial charge >= 0.3 is 0 Å². The van der Waals surface area contributed by atoms with Crippen LogP contribution in [0.25, 0.3) is 33.5 Å². The zero-order valence-electron chi connectivity index (χ0n) is 13.8. The van der Waals surface area contributed by atoms with Crippen molar-refractivity contribution in [2.75, 3.05) is 5.73 Å². The van der Waals surface area contributed by atoms with Crippen molar-refractivity contribution in [2.24, 2.45) is 0 Å². The summed E-state index contributed by atoms with van der Waals surface area (Å²) >= 11 is 0. The van der Waals surface area contributed by atoms with Crippen molar-refractivity contribution >= 4 is 17.0 Å². The summed E-state index contributed by atoms with van der Waals surface area (Å²) in [5, 5.41) is 5.28. The lowest BCUT2D eigenvalue weighted by molar-refractivity contribution is 0.122. The lowest BCUT2D eigenvalue weighted by Crippen LogP contribution is -2.06. The van der Waals surface area contributed by atoms with Crippen LogP contribution in [0.4, 0.5) is 14.7 Å². The van der Waals surface area contributed by atoms with Gasteiger partial charge in [0.1, 0.15) is 17.9 Å². The third kappa shape index (κ3) is 2.87. The fraction of sp³-hybridized carbons (Fsp3) is 0.176. The molecule has 0 atom stereocenters. The number of nitrogens with zero attached hydrogens (tertiary/aromatic N) is 5. The maximum Gasteiger partial charge on any atom is 0.257 e. The van der Waals surface area contributed by atoms with Crippen LogP contribution in [-0.2, 0) is 6.54 Å². The Labute approximate surface area is 146 Å². The molecule has 0 radical (unpaired) electrons. The topological polar surface area (TPSA) is 98.3 Å². The lowest BCUT2D eigenvalue weighted by Gasteiger charge is -2.03. The number of fused-ring (bicyclic) bond motifs is 1. The van der Waals surface area contributed by atoms with Crippen molar-refractivity contribution in [3.05, 3.63) is 42.5 Å². The highest BCUT2D eigenvalue weighted by molar-refractivity contribution is 5.87. The van der Waals surface area contributed by atoms with Crippen molar-refractivity contribution in [1.29, 1.82) is 0 Å². The molecule has 4 rings (SSSR count). The van der Waals surface area contributed by atoms with Crippen LogP contribution in [0.15, 0.2) is 36.9 Å². The number of nitrogens with two attached hydrogens (primary N) is 1. The normalized spacial score (nSPS) is 11.5. The number of aromatic nitrogens is 6. The van der Waals surface area contributed by atoms with Crippen molar-refractivity contribution in [3.63, 3.8) is 0 Å². The van der Waals surface area contributed by atoms with E-state index in [1.165, 1.54) is 17.1 Å². The first-order chi connectivity index (χ1) is 12.5. The Morgan fingerprint density at radius 3 is 2.92 bits per heavy atom. The van der Waals surface area contributed by atoms with Gasteiger partial charge in [-0.1, -0.05) is 0 Å². The molecule has 0 saturated carbocycles. The quantitative estimate of drug-likeness (QED) is 0.586. The predicted molar refractivity (Wildman–Crippen MR) is 93.5 cm³/mol. The van der Waals surface area contributed by atoms with Gasteiger partial charge in [0.15, 0.2) is 0 Å². The lowest BCUT2D eigenvalue weighted by atomic mass is 10.1. The highest BCUT2D eigenvalue weighted by Gasteiger charge is 2.18. The van der Waals surface area contributed by atoms with Crippen LogP contribution >= 0.6 is 0 Å². The van der Waals surface area contributed by atoms with E-state index in [0.717, 1.165) is 16.6 Å². The molecule has 9 heteroatoms. The van der Waals surface area contributed by atoms with Crippen LogP contribution in [0.2, 0.25) is 0 Å². The van der Waals surface area contributed by atoms with Crippen LogP contribution in [0, 0.1) is 6.92 Å². The summed E-state index contributed by atoms with van der Waals surface area (Å²) in [6.45, 7) is 1.46. The Hall–Kier alpha value is -3.36. The number of alkyl halides is 2. The molecule has 4 heterocycles. The van der Waals surface area contributed by atoms with E-state index in [1.54, 1.807) is 12.3 Å². The first-order valence-corrected chi connectivity index (χ1v) is 7.90. The Morgan fingerprint density at radius 2 is 2.15 bits per heavy atom. The van der Waals surface area contributed by atoms with E-state index >= 15 is 0 Å². The molecule has 0 aliphatic rings. The van der Waals surface area contributed by atoms with Crippen LogP contribution in [-0.4, -0.2) is 36.1 Å². The first-order valence-electron chi connectivity index (χ1n) is 7.90. The van der Waals surface area contributed by atoms with Gasteiger partial charge in [0, 0.05) is 41.3 Å². The number of halogens is 2. The second-order valence-electron chi connectivity index (χ2n) is 5.90. The maximum absolute atomic E-state index is 12.8. The Kier molecular flexibility index (Phi) is 3.83. The van der Waals surface area contributed by atoms with E-state index in [2.05, 4.69) is 25.0 Å². The average Bonchev–Trinajstić information content (AvgIpc) is 3.18. The van der Waals surface area contributed by atoms with Gasteiger partial charge in [0.2, 0.25) is 5.95 Å². The monoisotopic (exact) mass is 355 g/mol. The zero-order chi connectivity index (χ0) is 18.3. The molecule has 4 aromatic rings. The molecule has 0 spiro atoms. The number of aryl methyl sites for hydroxylation is 1. The van der Waals surface area contributed by atoms with Crippen LogP contribution in [0.5, 0.6) is 0 Å². The molecule has 0 aliphatic carbocycles. The smallest absolute Gasteiger partial charge is 0.257 e.